The summed E-state index contributed by atoms with van der Waals surface area (Å²) in [5.74, 6) is -0.509. The quantitative estimate of drug-likeness (QED) is 0.583. The van der Waals surface area contributed by atoms with Crippen LogP contribution >= 0.6 is 0 Å². The topological polar surface area (TPSA) is 69.6 Å². The molecule has 2 aromatic carbocycles. The molecule has 0 aromatic heterocycles. The Hall–Kier alpha value is -2.33. The molecule has 21 heavy (non-hydrogen) atoms. The maximum atomic E-state index is 11.3. The van der Waals surface area contributed by atoms with E-state index in [-0.39, 0.29) is 23.0 Å². The van der Waals surface area contributed by atoms with Gasteiger partial charge in [-0.2, -0.15) is 0 Å². The number of rotatable bonds is 2. The van der Waals surface area contributed by atoms with Gasteiger partial charge in [-0.05, 0) is 35.7 Å². The molecule has 0 spiro atoms. The van der Waals surface area contributed by atoms with Crippen molar-refractivity contribution in [1.82, 2.24) is 5.32 Å². The van der Waals surface area contributed by atoms with Crippen molar-refractivity contribution in [3.8, 4) is 11.5 Å². The third kappa shape index (κ3) is 2.38. The normalized spacial score (nSPS) is 17.8. The zero-order chi connectivity index (χ0) is 14.8. The third-order valence-corrected chi connectivity index (χ3v) is 4.06. The van der Waals surface area contributed by atoms with E-state index in [1.807, 2.05) is 30.3 Å². The molecule has 1 atom stereocenters. The van der Waals surface area contributed by atoms with Crippen LogP contribution < -0.4 is 5.32 Å². The van der Waals surface area contributed by atoms with E-state index >= 15 is 0 Å². The van der Waals surface area contributed by atoms with E-state index in [2.05, 4.69) is 5.32 Å². The Morgan fingerprint density at radius 1 is 1.19 bits per heavy atom. The fourth-order valence-electron chi connectivity index (χ4n) is 3.01. The molecule has 1 aliphatic heterocycles. The summed E-state index contributed by atoms with van der Waals surface area (Å²) in [4.78, 5) is 11.3. The molecule has 2 aromatic rings. The summed E-state index contributed by atoms with van der Waals surface area (Å²) in [6.07, 6.45) is 1.28. The average molecular weight is 283 g/mol. The van der Waals surface area contributed by atoms with E-state index in [4.69, 9.17) is 0 Å². The van der Waals surface area contributed by atoms with Gasteiger partial charge in [0, 0.05) is 12.5 Å². The van der Waals surface area contributed by atoms with Crippen LogP contribution in [0.4, 0.5) is 0 Å². The Bertz CT molecular complexity index is 667. The Labute approximate surface area is 123 Å². The van der Waals surface area contributed by atoms with Gasteiger partial charge in [0.15, 0.2) is 17.8 Å². The minimum Gasteiger partial charge on any atom is -0.504 e. The van der Waals surface area contributed by atoms with Crippen molar-refractivity contribution in [3.05, 3.63) is 58.7 Å². The van der Waals surface area contributed by atoms with Crippen LogP contribution in [-0.2, 0) is 6.42 Å². The number of carbonyl (C=O) groups is 1. The first kappa shape index (κ1) is 13.6. The maximum absolute atomic E-state index is 11.3. The smallest absolute Gasteiger partial charge is 0.168 e. The van der Waals surface area contributed by atoms with Crippen molar-refractivity contribution in [2.75, 3.05) is 13.1 Å². The molecule has 0 aliphatic carbocycles. The summed E-state index contributed by atoms with van der Waals surface area (Å²) in [6.45, 7) is 1.47. The lowest BCUT2D eigenvalue weighted by Gasteiger charge is -2.20. The largest absolute Gasteiger partial charge is 0.504 e. The molecule has 0 saturated heterocycles. The van der Waals surface area contributed by atoms with Gasteiger partial charge >= 0.3 is 0 Å². The van der Waals surface area contributed by atoms with E-state index in [9.17, 15) is 15.0 Å². The van der Waals surface area contributed by atoms with Crippen LogP contribution in [0.2, 0.25) is 0 Å². The molecule has 108 valence electrons. The number of carbonyl (C=O) groups excluding carboxylic acids is 1. The molecule has 1 heterocycles. The van der Waals surface area contributed by atoms with Crippen LogP contribution in [-0.4, -0.2) is 29.6 Å². The van der Waals surface area contributed by atoms with Gasteiger partial charge in [-0.25, -0.2) is 0 Å². The Morgan fingerprint density at radius 2 is 1.95 bits per heavy atom. The highest BCUT2D eigenvalue weighted by Gasteiger charge is 2.25. The molecule has 0 amide bonds. The molecule has 0 saturated carbocycles. The van der Waals surface area contributed by atoms with Crippen molar-refractivity contribution >= 4 is 6.29 Å². The Balaban J connectivity index is 2.21. The van der Waals surface area contributed by atoms with Gasteiger partial charge in [-0.15, -0.1) is 0 Å². The number of aldehydes is 1. The average Bonchev–Trinajstić information content (AvgIpc) is 2.72. The van der Waals surface area contributed by atoms with Gasteiger partial charge in [-0.1, -0.05) is 30.3 Å². The second-order valence-corrected chi connectivity index (χ2v) is 5.26. The van der Waals surface area contributed by atoms with Crippen LogP contribution in [0.15, 0.2) is 36.4 Å². The highest BCUT2D eigenvalue weighted by Crippen LogP contribution is 2.39. The molecule has 1 unspecified atom stereocenters. The van der Waals surface area contributed by atoms with Crippen LogP contribution in [0.3, 0.4) is 0 Å². The molecule has 0 bridgehead atoms. The fraction of sp³-hybridized carbons (Fsp3) is 0.235. The molecule has 1 aliphatic rings. The molecular formula is C17H17NO3. The lowest BCUT2D eigenvalue weighted by Crippen LogP contribution is -2.20. The second-order valence-electron chi connectivity index (χ2n) is 5.26. The zero-order valence-electron chi connectivity index (χ0n) is 11.5. The molecule has 4 heteroatoms. The van der Waals surface area contributed by atoms with Crippen LogP contribution in [0.5, 0.6) is 11.5 Å². The van der Waals surface area contributed by atoms with E-state index in [1.165, 1.54) is 0 Å². The minimum atomic E-state index is -0.322. The predicted octanol–water partition coefficient (Wildman–Crippen LogP) is 2.19. The number of fused-ring (bicyclic) bond motifs is 1. The van der Waals surface area contributed by atoms with Crippen molar-refractivity contribution in [3.63, 3.8) is 0 Å². The van der Waals surface area contributed by atoms with Crippen molar-refractivity contribution in [2.45, 2.75) is 12.3 Å². The minimum absolute atomic E-state index is 0.0499. The molecule has 4 nitrogen and oxygen atoms in total. The number of hydrogen-bond acceptors (Lipinski definition) is 4. The first-order chi connectivity index (χ1) is 10.2. The van der Waals surface area contributed by atoms with Crippen LogP contribution in [0.25, 0.3) is 0 Å². The number of phenols is 2. The van der Waals surface area contributed by atoms with Gasteiger partial charge in [0.25, 0.3) is 0 Å². The van der Waals surface area contributed by atoms with Gasteiger partial charge in [-0.3, -0.25) is 4.79 Å². The van der Waals surface area contributed by atoms with Crippen molar-refractivity contribution in [2.24, 2.45) is 0 Å². The summed E-state index contributed by atoms with van der Waals surface area (Å²) in [5, 5.41) is 23.2. The molecular weight excluding hydrogens is 266 g/mol. The Kier molecular flexibility index (Phi) is 3.62. The van der Waals surface area contributed by atoms with E-state index in [0.29, 0.717) is 12.7 Å². The van der Waals surface area contributed by atoms with Crippen molar-refractivity contribution < 1.29 is 15.0 Å². The first-order valence-corrected chi connectivity index (χ1v) is 7.01. The lowest BCUT2D eigenvalue weighted by molar-refractivity contribution is 0.111. The monoisotopic (exact) mass is 283 g/mol. The summed E-state index contributed by atoms with van der Waals surface area (Å²) < 4.78 is 0. The first-order valence-electron chi connectivity index (χ1n) is 7.01. The van der Waals surface area contributed by atoms with Crippen LogP contribution in [0, 0.1) is 0 Å². The predicted molar refractivity (Wildman–Crippen MR) is 80.0 cm³/mol. The van der Waals surface area contributed by atoms with Gasteiger partial charge < -0.3 is 15.5 Å². The van der Waals surface area contributed by atoms with E-state index in [0.717, 1.165) is 29.8 Å². The molecule has 3 rings (SSSR count). The van der Waals surface area contributed by atoms with E-state index < -0.39 is 0 Å². The summed E-state index contributed by atoms with van der Waals surface area (Å²) in [6, 6.07) is 11.6. The molecule has 0 fully saturated rings. The lowest BCUT2D eigenvalue weighted by atomic mass is 9.85. The van der Waals surface area contributed by atoms with Crippen molar-refractivity contribution in [1.29, 1.82) is 0 Å². The highest BCUT2D eigenvalue weighted by atomic mass is 16.3. The summed E-state index contributed by atoms with van der Waals surface area (Å²) in [5.41, 5.74) is 3.05. The standard InChI is InChI=1S/C17H17NO3/c19-10-15-12-6-7-18-9-14(11-4-2-1-3-5-11)13(12)8-16(20)17(15)21/h1-5,8,10,14,18,20-21H,6-7,9H2. The SMILES string of the molecule is O=Cc1c(O)c(O)cc2c1CCNCC2c1ccccc1. The molecule has 3 N–H and O–H groups in total. The zero-order valence-corrected chi connectivity index (χ0v) is 11.5. The third-order valence-electron chi connectivity index (χ3n) is 4.06. The van der Waals surface area contributed by atoms with E-state index in [1.54, 1.807) is 6.07 Å². The van der Waals surface area contributed by atoms with Gasteiger partial charge in [0.2, 0.25) is 0 Å². The number of hydrogen-bond donors (Lipinski definition) is 3. The number of phenolic OH excluding ortho intramolecular Hbond substituents is 2. The molecule has 0 radical (unpaired) electrons. The highest BCUT2D eigenvalue weighted by molar-refractivity contribution is 5.84. The van der Waals surface area contributed by atoms with Gasteiger partial charge in [0.1, 0.15) is 0 Å². The number of nitrogens with one attached hydrogen (secondary N) is 1. The summed E-state index contributed by atoms with van der Waals surface area (Å²) >= 11 is 0. The second kappa shape index (κ2) is 5.58. The van der Waals surface area contributed by atoms with Gasteiger partial charge in [0.05, 0.1) is 5.56 Å². The summed E-state index contributed by atoms with van der Waals surface area (Å²) in [7, 11) is 0. The van der Waals surface area contributed by atoms with Crippen LogP contribution in [0.1, 0.15) is 33.0 Å². The Morgan fingerprint density at radius 3 is 2.67 bits per heavy atom. The maximum Gasteiger partial charge on any atom is 0.168 e. The fourth-order valence-corrected chi connectivity index (χ4v) is 3.01. The number of benzene rings is 2. The number of aromatic hydroxyl groups is 2.